The number of aliphatic hydroxyl groups is 1. The average molecular weight is 321 g/mol. The van der Waals surface area contributed by atoms with Crippen LogP contribution in [0.25, 0.3) is 10.2 Å². The Morgan fingerprint density at radius 3 is 2.90 bits per heavy atom. The van der Waals surface area contributed by atoms with E-state index in [9.17, 15) is 0 Å². The van der Waals surface area contributed by atoms with Crippen molar-refractivity contribution in [3.8, 4) is 11.6 Å². The van der Waals surface area contributed by atoms with Gasteiger partial charge in [0.05, 0.1) is 5.39 Å². The van der Waals surface area contributed by atoms with E-state index in [0.29, 0.717) is 18.1 Å². The molecule has 0 aliphatic carbocycles. The van der Waals surface area contributed by atoms with Crippen molar-refractivity contribution in [1.29, 1.82) is 0 Å². The summed E-state index contributed by atoms with van der Waals surface area (Å²) < 4.78 is 5.93. The zero-order chi connectivity index (χ0) is 14.8. The smallest absolute Gasteiger partial charge is 0.232 e. The topological polar surface area (TPSA) is 55.2 Å². The predicted octanol–water partition coefficient (Wildman–Crippen LogP) is 3.98. The second-order valence-corrected chi connectivity index (χ2v) is 6.13. The van der Waals surface area contributed by atoms with Gasteiger partial charge in [-0.3, -0.25) is 0 Å². The number of fused-ring (bicyclic) bond motifs is 1. The summed E-state index contributed by atoms with van der Waals surface area (Å²) in [5.41, 5.74) is 0.926. The van der Waals surface area contributed by atoms with E-state index in [0.717, 1.165) is 20.7 Å². The quantitative estimate of drug-likeness (QED) is 0.739. The van der Waals surface area contributed by atoms with Crippen molar-refractivity contribution >= 4 is 33.2 Å². The van der Waals surface area contributed by atoms with Crippen molar-refractivity contribution in [3.05, 3.63) is 46.1 Å². The van der Waals surface area contributed by atoms with Gasteiger partial charge in [0, 0.05) is 11.5 Å². The molecule has 0 aliphatic rings. The van der Waals surface area contributed by atoms with Gasteiger partial charge in [0.15, 0.2) is 0 Å². The normalized spacial score (nSPS) is 11.0. The van der Waals surface area contributed by atoms with Crippen LogP contribution in [0.15, 0.2) is 30.3 Å². The van der Waals surface area contributed by atoms with Crippen molar-refractivity contribution in [2.75, 3.05) is 6.61 Å². The lowest BCUT2D eigenvalue weighted by atomic mass is 10.1. The van der Waals surface area contributed by atoms with Gasteiger partial charge in [-0.15, -0.1) is 11.3 Å². The second kappa shape index (κ2) is 5.97. The van der Waals surface area contributed by atoms with Crippen LogP contribution >= 0.6 is 22.9 Å². The molecule has 0 aliphatic heterocycles. The molecule has 0 radical (unpaired) electrons. The van der Waals surface area contributed by atoms with Crippen LogP contribution < -0.4 is 4.74 Å². The number of nitrogens with zero attached hydrogens (tertiary/aromatic N) is 2. The van der Waals surface area contributed by atoms with E-state index in [1.807, 2.05) is 37.3 Å². The highest BCUT2D eigenvalue weighted by atomic mass is 35.5. The van der Waals surface area contributed by atoms with E-state index in [4.69, 9.17) is 21.4 Å². The molecule has 0 amide bonds. The zero-order valence-corrected chi connectivity index (χ0v) is 12.9. The van der Waals surface area contributed by atoms with Crippen LogP contribution in [-0.2, 0) is 6.42 Å². The number of hydrogen-bond acceptors (Lipinski definition) is 5. The maximum absolute atomic E-state index is 9.13. The lowest BCUT2D eigenvalue weighted by Crippen LogP contribution is -1.97. The molecular formula is C15H13ClN2O2S. The van der Waals surface area contributed by atoms with Gasteiger partial charge in [-0.1, -0.05) is 18.2 Å². The van der Waals surface area contributed by atoms with Gasteiger partial charge in [-0.2, -0.15) is 4.98 Å². The molecule has 0 spiro atoms. The predicted molar refractivity (Wildman–Crippen MR) is 84.5 cm³/mol. The van der Waals surface area contributed by atoms with E-state index >= 15 is 0 Å². The lowest BCUT2D eigenvalue weighted by Gasteiger charge is -2.10. The van der Waals surface area contributed by atoms with Crippen LogP contribution in [0.3, 0.4) is 0 Å². The van der Waals surface area contributed by atoms with Crippen molar-refractivity contribution in [3.63, 3.8) is 0 Å². The zero-order valence-electron chi connectivity index (χ0n) is 11.3. The number of ether oxygens (including phenoxy) is 1. The summed E-state index contributed by atoms with van der Waals surface area (Å²) in [4.78, 5) is 10.3. The minimum absolute atomic E-state index is 0.0673. The minimum atomic E-state index is 0.0673. The van der Waals surface area contributed by atoms with Crippen molar-refractivity contribution in [2.45, 2.75) is 13.3 Å². The minimum Gasteiger partial charge on any atom is -0.438 e. The Kier molecular flexibility index (Phi) is 4.05. The number of halogens is 1. The first kappa shape index (κ1) is 14.3. The van der Waals surface area contributed by atoms with Crippen LogP contribution in [0.5, 0.6) is 11.6 Å². The second-order valence-electron chi connectivity index (χ2n) is 4.56. The Morgan fingerprint density at radius 2 is 2.10 bits per heavy atom. The van der Waals surface area contributed by atoms with Crippen LogP contribution in [0.1, 0.15) is 10.4 Å². The third-order valence-electron chi connectivity index (χ3n) is 3.01. The molecule has 0 saturated heterocycles. The first-order valence-electron chi connectivity index (χ1n) is 6.47. The molecule has 0 unspecified atom stereocenters. The molecule has 108 valence electrons. The molecule has 4 nitrogen and oxygen atoms in total. The van der Waals surface area contributed by atoms with Gasteiger partial charge in [0.2, 0.25) is 11.2 Å². The van der Waals surface area contributed by atoms with E-state index in [1.165, 1.54) is 0 Å². The molecule has 2 heterocycles. The molecule has 3 aromatic rings. The maximum atomic E-state index is 9.13. The summed E-state index contributed by atoms with van der Waals surface area (Å²) in [7, 11) is 0. The van der Waals surface area contributed by atoms with Crippen LogP contribution in [0.4, 0.5) is 0 Å². The third kappa shape index (κ3) is 3.00. The summed E-state index contributed by atoms with van der Waals surface area (Å²) in [5, 5.41) is 10.1. The Hall–Kier alpha value is -1.69. The fraction of sp³-hybridized carbons (Fsp3) is 0.200. The van der Waals surface area contributed by atoms with E-state index in [1.54, 1.807) is 11.3 Å². The Balaban J connectivity index is 2.05. The van der Waals surface area contributed by atoms with Gasteiger partial charge in [-0.25, -0.2) is 4.98 Å². The monoisotopic (exact) mass is 320 g/mol. The number of aromatic nitrogens is 2. The van der Waals surface area contributed by atoms with Crippen molar-refractivity contribution < 1.29 is 9.84 Å². The van der Waals surface area contributed by atoms with Gasteiger partial charge >= 0.3 is 0 Å². The van der Waals surface area contributed by atoms with Gasteiger partial charge in [0.1, 0.15) is 10.6 Å². The van der Waals surface area contributed by atoms with Crippen LogP contribution in [-0.4, -0.2) is 21.7 Å². The maximum Gasteiger partial charge on any atom is 0.232 e. The first-order valence-corrected chi connectivity index (χ1v) is 7.67. The Labute approximate surface area is 131 Å². The van der Waals surface area contributed by atoms with E-state index in [2.05, 4.69) is 9.97 Å². The molecule has 0 bridgehead atoms. The van der Waals surface area contributed by atoms with Crippen LogP contribution in [0.2, 0.25) is 5.28 Å². The number of benzene rings is 1. The summed E-state index contributed by atoms with van der Waals surface area (Å²) in [6.45, 7) is 2.07. The Morgan fingerprint density at radius 1 is 1.29 bits per heavy atom. The standard InChI is InChI=1S/C15H13ClN2O2S/c1-9-8-11-13(17-15(16)18-14(11)21-9)20-12-5-3-2-4-10(12)6-7-19/h2-5,8,19H,6-7H2,1H3. The van der Waals surface area contributed by atoms with Crippen molar-refractivity contribution in [2.24, 2.45) is 0 Å². The molecule has 0 saturated carbocycles. The highest BCUT2D eigenvalue weighted by molar-refractivity contribution is 7.18. The molecular weight excluding hydrogens is 308 g/mol. The molecule has 1 N–H and O–H groups in total. The van der Waals surface area contributed by atoms with E-state index in [-0.39, 0.29) is 11.9 Å². The number of aliphatic hydroxyl groups excluding tert-OH is 1. The summed E-state index contributed by atoms with van der Waals surface area (Å²) >= 11 is 7.51. The molecule has 0 atom stereocenters. The highest BCUT2D eigenvalue weighted by Crippen LogP contribution is 2.34. The summed E-state index contributed by atoms with van der Waals surface area (Å²) in [5.74, 6) is 1.12. The molecule has 6 heteroatoms. The largest absolute Gasteiger partial charge is 0.438 e. The summed E-state index contributed by atoms with van der Waals surface area (Å²) in [6, 6.07) is 9.56. The SMILES string of the molecule is Cc1cc2c(Oc3ccccc3CCO)nc(Cl)nc2s1. The number of thiophene rings is 1. The average Bonchev–Trinajstić information content (AvgIpc) is 2.81. The highest BCUT2D eigenvalue weighted by Gasteiger charge is 2.13. The van der Waals surface area contributed by atoms with E-state index < -0.39 is 0 Å². The van der Waals surface area contributed by atoms with Crippen LogP contribution in [0, 0.1) is 6.92 Å². The van der Waals surface area contributed by atoms with Gasteiger partial charge in [-0.05, 0) is 42.6 Å². The molecule has 3 rings (SSSR count). The Bertz CT molecular complexity index is 788. The third-order valence-corrected chi connectivity index (χ3v) is 4.13. The first-order chi connectivity index (χ1) is 10.2. The lowest BCUT2D eigenvalue weighted by molar-refractivity contribution is 0.297. The number of aryl methyl sites for hydroxylation is 1. The number of rotatable bonds is 4. The fourth-order valence-corrected chi connectivity index (χ4v) is 3.18. The fourth-order valence-electron chi connectivity index (χ4n) is 2.10. The molecule has 1 aromatic carbocycles. The summed E-state index contributed by atoms with van der Waals surface area (Å²) in [6.07, 6.45) is 0.529. The van der Waals surface area contributed by atoms with Crippen molar-refractivity contribution in [1.82, 2.24) is 9.97 Å². The number of hydrogen-bond donors (Lipinski definition) is 1. The van der Waals surface area contributed by atoms with Gasteiger partial charge in [0.25, 0.3) is 0 Å². The molecule has 2 aromatic heterocycles. The van der Waals surface area contributed by atoms with Gasteiger partial charge < -0.3 is 9.84 Å². The molecule has 21 heavy (non-hydrogen) atoms. The molecule has 0 fully saturated rings. The number of para-hydroxylation sites is 1.